The van der Waals surface area contributed by atoms with Gasteiger partial charge in [0.2, 0.25) is 0 Å². The Hall–Kier alpha value is -0.630. The number of halogens is 1. The van der Waals surface area contributed by atoms with Crippen LogP contribution in [0, 0.1) is 0 Å². The smallest absolute Gasteiger partial charge is 0.144 e. The minimum atomic E-state index is -0.310. The molecule has 1 aromatic rings. The molecule has 1 saturated carbocycles. The molecule has 0 saturated heterocycles. The SMILES string of the molecule is O=C1CCCCCCCCCCCC1(CBr)c1ccccc1. The average molecular weight is 365 g/mol. The standard InChI is InChI=1S/C20H29BrO/c21-17-20(18-13-9-8-10-14-18)16-12-7-5-3-1-2-4-6-11-15-19(20)22/h8-10,13-14H,1-7,11-12,15-17H2. The number of hydrogen-bond donors (Lipinski definition) is 0. The van der Waals surface area contributed by atoms with E-state index in [1.807, 2.05) is 6.07 Å². The Kier molecular flexibility index (Phi) is 7.65. The highest BCUT2D eigenvalue weighted by atomic mass is 79.9. The zero-order valence-corrected chi connectivity index (χ0v) is 15.2. The first-order valence-corrected chi connectivity index (χ1v) is 10.1. The van der Waals surface area contributed by atoms with Crippen molar-refractivity contribution in [3.05, 3.63) is 35.9 Å². The fourth-order valence-corrected chi connectivity index (χ4v) is 4.53. The van der Waals surface area contributed by atoms with Gasteiger partial charge in [-0.25, -0.2) is 0 Å². The van der Waals surface area contributed by atoms with Crippen molar-refractivity contribution in [2.75, 3.05) is 5.33 Å². The molecular formula is C20H29BrO. The number of alkyl halides is 1. The van der Waals surface area contributed by atoms with E-state index in [2.05, 4.69) is 40.2 Å². The van der Waals surface area contributed by atoms with Crippen molar-refractivity contribution in [2.24, 2.45) is 0 Å². The van der Waals surface area contributed by atoms with Gasteiger partial charge in [0.1, 0.15) is 5.78 Å². The predicted molar refractivity (Wildman–Crippen MR) is 97.7 cm³/mol. The molecule has 1 aromatic carbocycles. The van der Waals surface area contributed by atoms with Gasteiger partial charge >= 0.3 is 0 Å². The third-order valence-electron chi connectivity index (χ3n) is 5.10. The van der Waals surface area contributed by atoms with Crippen molar-refractivity contribution in [3.63, 3.8) is 0 Å². The molecule has 1 nitrogen and oxygen atoms in total. The van der Waals surface area contributed by atoms with Crippen LogP contribution in [-0.4, -0.2) is 11.1 Å². The van der Waals surface area contributed by atoms with E-state index in [4.69, 9.17) is 0 Å². The molecule has 0 amide bonds. The van der Waals surface area contributed by atoms with Gasteiger partial charge in [0, 0.05) is 11.8 Å². The van der Waals surface area contributed by atoms with Crippen molar-refractivity contribution in [2.45, 2.75) is 76.0 Å². The van der Waals surface area contributed by atoms with Gasteiger partial charge in [-0.15, -0.1) is 0 Å². The second-order valence-electron chi connectivity index (χ2n) is 6.69. The van der Waals surface area contributed by atoms with Crippen molar-refractivity contribution < 1.29 is 4.79 Å². The summed E-state index contributed by atoms with van der Waals surface area (Å²) in [6.45, 7) is 0. The molecule has 0 aromatic heterocycles. The maximum atomic E-state index is 13.0. The molecule has 1 unspecified atom stereocenters. The minimum Gasteiger partial charge on any atom is -0.299 e. The van der Waals surface area contributed by atoms with E-state index in [1.165, 1.54) is 50.5 Å². The van der Waals surface area contributed by atoms with Crippen LogP contribution in [0.1, 0.15) is 76.2 Å². The molecule has 1 fully saturated rings. The van der Waals surface area contributed by atoms with E-state index in [0.29, 0.717) is 5.78 Å². The Bertz CT molecular complexity index is 442. The van der Waals surface area contributed by atoms with Crippen molar-refractivity contribution in [1.29, 1.82) is 0 Å². The molecule has 0 N–H and O–H groups in total. The van der Waals surface area contributed by atoms with Crippen molar-refractivity contribution in [3.8, 4) is 0 Å². The number of hydrogen-bond acceptors (Lipinski definition) is 1. The van der Waals surface area contributed by atoms with Gasteiger partial charge < -0.3 is 0 Å². The quantitative estimate of drug-likeness (QED) is 0.571. The van der Waals surface area contributed by atoms with Crippen LogP contribution >= 0.6 is 15.9 Å². The first-order valence-electron chi connectivity index (χ1n) is 8.94. The third-order valence-corrected chi connectivity index (χ3v) is 6.05. The molecule has 1 aliphatic carbocycles. The largest absolute Gasteiger partial charge is 0.299 e. The zero-order valence-electron chi connectivity index (χ0n) is 13.7. The molecular weight excluding hydrogens is 336 g/mol. The van der Waals surface area contributed by atoms with Gasteiger partial charge in [0.05, 0.1) is 5.41 Å². The van der Waals surface area contributed by atoms with Crippen LogP contribution in [0.3, 0.4) is 0 Å². The Labute approximate surface area is 144 Å². The van der Waals surface area contributed by atoms with Crippen LogP contribution in [0.2, 0.25) is 0 Å². The lowest BCUT2D eigenvalue weighted by molar-refractivity contribution is -0.124. The van der Waals surface area contributed by atoms with E-state index in [1.54, 1.807) is 0 Å². The van der Waals surface area contributed by atoms with E-state index in [-0.39, 0.29) is 5.41 Å². The van der Waals surface area contributed by atoms with Crippen LogP contribution in [0.25, 0.3) is 0 Å². The first-order chi connectivity index (χ1) is 10.8. The molecule has 0 bridgehead atoms. The highest BCUT2D eigenvalue weighted by molar-refractivity contribution is 9.09. The molecule has 0 aliphatic heterocycles. The third kappa shape index (κ3) is 4.68. The number of rotatable bonds is 2. The monoisotopic (exact) mass is 364 g/mol. The van der Waals surface area contributed by atoms with Crippen LogP contribution in [0.4, 0.5) is 0 Å². The van der Waals surface area contributed by atoms with Gasteiger partial charge in [-0.2, -0.15) is 0 Å². The Morgan fingerprint density at radius 3 is 1.95 bits per heavy atom. The Morgan fingerprint density at radius 2 is 1.36 bits per heavy atom. The maximum absolute atomic E-state index is 13.0. The molecule has 122 valence electrons. The lowest BCUT2D eigenvalue weighted by atomic mass is 9.73. The Morgan fingerprint density at radius 1 is 0.818 bits per heavy atom. The number of ketones is 1. The number of benzene rings is 1. The van der Waals surface area contributed by atoms with Crippen LogP contribution < -0.4 is 0 Å². The summed E-state index contributed by atoms with van der Waals surface area (Å²) >= 11 is 3.68. The van der Waals surface area contributed by atoms with Crippen molar-refractivity contribution >= 4 is 21.7 Å². The van der Waals surface area contributed by atoms with E-state index in [0.717, 1.165) is 31.0 Å². The summed E-state index contributed by atoms with van der Waals surface area (Å²) in [6, 6.07) is 10.4. The number of Topliss-reactive ketones (excluding diaryl/α,β-unsaturated/α-hetero) is 1. The first kappa shape index (κ1) is 17.7. The second kappa shape index (κ2) is 9.50. The normalized spacial score (nSPS) is 25.8. The van der Waals surface area contributed by atoms with Crippen LogP contribution in [-0.2, 0) is 10.2 Å². The molecule has 0 spiro atoms. The summed E-state index contributed by atoms with van der Waals surface area (Å²) < 4.78 is 0. The maximum Gasteiger partial charge on any atom is 0.144 e. The fourth-order valence-electron chi connectivity index (χ4n) is 3.61. The summed E-state index contributed by atoms with van der Waals surface area (Å²) in [5.74, 6) is 0.440. The van der Waals surface area contributed by atoms with Crippen molar-refractivity contribution in [1.82, 2.24) is 0 Å². The summed E-state index contributed by atoms with van der Waals surface area (Å²) in [7, 11) is 0. The summed E-state index contributed by atoms with van der Waals surface area (Å²) in [4.78, 5) is 13.0. The molecule has 22 heavy (non-hydrogen) atoms. The van der Waals surface area contributed by atoms with Gasteiger partial charge in [-0.05, 0) is 18.4 Å². The van der Waals surface area contributed by atoms with Gasteiger partial charge in [0.15, 0.2) is 0 Å². The molecule has 2 rings (SSSR count). The molecule has 2 heteroatoms. The summed E-state index contributed by atoms with van der Waals surface area (Å²) in [5.41, 5.74) is 0.890. The summed E-state index contributed by atoms with van der Waals surface area (Å²) in [6.07, 6.45) is 13.1. The van der Waals surface area contributed by atoms with Crippen LogP contribution in [0.5, 0.6) is 0 Å². The predicted octanol–water partition coefficient (Wildman–Crippen LogP) is 6.19. The fraction of sp³-hybridized carbons (Fsp3) is 0.650. The average Bonchev–Trinajstić information content (AvgIpc) is 2.58. The highest BCUT2D eigenvalue weighted by Crippen LogP contribution is 2.35. The van der Waals surface area contributed by atoms with E-state index >= 15 is 0 Å². The topological polar surface area (TPSA) is 17.1 Å². The van der Waals surface area contributed by atoms with E-state index in [9.17, 15) is 4.79 Å². The number of carbonyl (C=O) groups excluding carboxylic acids is 1. The van der Waals surface area contributed by atoms with Crippen LogP contribution in [0.15, 0.2) is 30.3 Å². The molecule has 1 atom stereocenters. The molecule has 0 radical (unpaired) electrons. The summed E-state index contributed by atoms with van der Waals surface area (Å²) in [5, 5.41) is 0.753. The Balaban J connectivity index is 2.18. The van der Waals surface area contributed by atoms with Gasteiger partial charge in [0.25, 0.3) is 0 Å². The lowest BCUT2D eigenvalue weighted by Crippen LogP contribution is -2.37. The van der Waals surface area contributed by atoms with E-state index < -0.39 is 0 Å². The lowest BCUT2D eigenvalue weighted by Gasteiger charge is -2.31. The second-order valence-corrected chi connectivity index (χ2v) is 7.25. The highest BCUT2D eigenvalue weighted by Gasteiger charge is 2.37. The number of carbonyl (C=O) groups is 1. The zero-order chi connectivity index (χ0) is 15.7. The molecule has 1 aliphatic rings. The molecule has 0 heterocycles. The minimum absolute atomic E-state index is 0.310. The van der Waals surface area contributed by atoms with Gasteiger partial charge in [-0.1, -0.05) is 97.6 Å². The van der Waals surface area contributed by atoms with Gasteiger partial charge in [-0.3, -0.25) is 4.79 Å².